The summed E-state index contributed by atoms with van der Waals surface area (Å²) in [5, 5.41) is 4.03. The van der Waals surface area contributed by atoms with Gasteiger partial charge in [0.1, 0.15) is 5.75 Å². The van der Waals surface area contributed by atoms with E-state index in [1.807, 2.05) is 12.1 Å². The molecule has 0 aliphatic carbocycles. The molecule has 9 heteroatoms. The monoisotopic (exact) mass is 489 g/mol. The first-order valence-corrected chi connectivity index (χ1v) is 12.4. The van der Waals surface area contributed by atoms with Crippen molar-refractivity contribution in [2.75, 3.05) is 51.3 Å². The minimum absolute atomic E-state index is 0.0355. The van der Waals surface area contributed by atoms with Crippen LogP contribution in [-0.2, 0) is 0 Å². The highest BCUT2D eigenvalue weighted by molar-refractivity contribution is 5.95. The van der Waals surface area contributed by atoms with E-state index < -0.39 is 0 Å². The number of piperazine rings is 1. The molecule has 0 saturated carbocycles. The Morgan fingerprint density at radius 1 is 0.917 bits per heavy atom. The number of aromatic nitrogens is 2. The molecule has 2 aliphatic rings. The molecule has 0 bridgehead atoms. The Bertz CT molecular complexity index is 1210. The van der Waals surface area contributed by atoms with Crippen LogP contribution in [0.1, 0.15) is 40.8 Å². The van der Waals surface area contributed by atoms with Gasteiger partial charge in [0.15, 0.2) is 0 Å². The highest BCUT2D eigenvalue weighted by Gasteiger charge is 2.29. The van der Waals surface area contributed by atoms with Crippen molar-refractivity contribution in [1.82, 2.24) is 19.9 Å². The second-order valence-electron chi connectivity index (χ2n) is 9.46. The summed E-state index contributed by atoms with van der Waals surface area (Å²) in [7, 11) is 1.57. The minimum Gasteiger partial charge on any atom is -0.497 e. The molecular weight excluding hydrogens is 458 g/mol. The molecule has 0 atom stereocenters. The molecule has 2 aliphatic heterocycles. The molecular formula is C27H31N5O4. The number of piperidine rings is 1. The fourth-order valence-corrected chi connectivity index (χ4v) is 4.70. The van der Waals surface area contributed by atoms with Crippen molar-refractivity contribution in [3.05, 3.63) is 60.0 Å². The quantitative estimate of drug-likeness (QED) is 0.541. The van der Waals surface area contributed by atoms with Gasteiger partial charge in [-0.05, 0) is 61.2 Å². The van der Waals surface area contributed by atoms with E-state index in [-0.39, 0.29) is 17.7 Å². The highest BCUT2D eigenvalue weighted by atomic mass is 16.5. The van der Waals surface area contributed by atoms with Crippen LogP contribution in [0.5, 0.6) is 5.75 Å². The van der Waals surface area contributed by atoms with Crippen LogP contribution in [0.2, 0.25) is 0 Å². The molecule has 0 radical (unpaired) electrons. The second-order valence-corrected chi connectivity index (χ2v) is 9.46. The fourth-order valence-electron chi connectivity index (χ4n) is 4.70. The number of ether oxygens (including phenoxy) is 1. The Kier molecular flexibility index (Phi) is 6.88. The zero-order valence-electron chi connectivity index (χ0n) is 20.7. The molecule has 9 nitrogen and oxygen atoms in total. The van der Waals surface area contributed by atoms with Crippen molar-refractivity contribution in [3.8, 4) is 17.1 Å². The van der Waals surface area contributed by atoms with E-state index >= 15 is 0 Å². The Balaban J connectivity index is 1.18. The van der Waals surface area contributed by atoms with E-state index in [1.165, 1.54) is 18.5 Å². The van der Waals surface area contributed by atoms with Gasteiger partial charge in [0, 0.05) is 56.1 Å². The van der Waals surface area contributed by atoms with Crippen LogP contribution in [-0.4, -0.2) is 78.1 Å². The van der Waals surface area contributed by atoms with E-state index in [4.69, 9.17) is 9.26 Å². The van der Waals surface area contributed by atoms with E-state index in [1.54, 1.807) is 41.2 Å². The SMILES string of the molecule is COc1cccc(C(=O)N2CCN(C(=O)c3nc(-c4ccc(N5CCC(C)CC5)cc4)no3)CC2)c1. The third-order valence-electron chi connectivity index (χ3n) is 7.05. The molecule has 0 spiro atoms. The zero-order valence-corrected chi connectivity index (χ0v) is 20.7. The predicted molar refractivity (Wildman–Crippen MR) is 135 cm³/mol. The maximum absolute atomic E-state index is 13.0. The maximum atomic E-state index is 13.0. The zero-order chi connectivity index (χ0) is 25.1. The van der Waals surface area contributed by atoms with Crippen LogP contribution in [0, 0.1) is 5.92 Å². The number of benzene rings is 2. The molecule has 3 heterocycles. The lowest BCUT2D eigenvalue weighted by molar-refractivity contribution is 0.0508. The third-order valence-corrected chi connectivity index (χ3v) is 7.05. The first-order valence-electron chi connectivity index (χ1n) is 12.4. The molecule has 2 saturated heterocycles. The predicted octanol–water partition coefficient (Wildman–Crippen LogP) is 3.58. The summed E-state index contributed by atoms with van der Waals surface area (Å²) in [5.41, 5.74) is 2.56. The summed E-state index contributed by atoms with van der Waals surface area (Å²) in [6, 6.07) is 15.2. The molecule has 188 valence electrons. The number of anilines is 1. The lowest BCUT2D eigenvalue weighted by Gasteiger charge is -2.34. The Morgan fingerprint density at radius 3 is 2.25 bits per heavy atom. The summed E-state index contributed by atoms with van der Waals surface area (Å²) >= 11 is 0. The summed E-state index contributed by atoms with van der Waals surface area (Å²) in [5.74, 6) is 1.38. The van der Waals surface area contributed by atoms with Crippen LogP contribution in [0.25, 0.3) is 11.4 Å². The Morgan fingerprint density at radius 2 is 1.58 bits per heavy atom. The first kappa shape index (κ1) is 23.8. The van der Waals surface area contributed by atoms with Crippen molar-refractivity contribution in [2.45, 2.75) is 19.8 Å². The molecule has 36 heavy (non-hydrogen) atoms. The Hall–Kier alpha value is -3.88. The van der Waals surface area contributed by atoms with Gasteiger partial charge in [0.05, 0.1) is 7.11 Å². The molecule has 2 aromatic carbocycles. The van der Waals surface area contributed by atoms with Crippen molar-refractivity contribution in [2.24, 2.45) is 5.92 Å². The van der Waals surface area contributed by atoms with Crippen molar-refractivity contribution >= 4 is 17.5 Å². The number of nitrogens with zero attached hydrogens (tertiary/aromatic N) is 5. The van der Waals surface area contributed by atoms with Crippen LogP contribution >= 0.6 is 0 Å². The standard InChI is InChI=1S/C27H31N5O4/c1-19-10-12-30(13-11-19)22-8-6-20(7-9-22)24-28-25(36-29-24)27(34)32-16-14-31(15-17-32)26(33)21-4-3-5-23(18-21)35-2/h3-9,18-19H,10-17H2,1-2H3. The summed E-state index contributed by atoms with van der Waals surface area (Å²) < 4.78 is 10.5. The molecule has 2 amide bonds. The number of rotatable bonds is 5. The number of hydrogen-bond donors (Lipinski definition) is 0. The summed E-state index contributed by atoms with van der Waals surface area (Å²) in [6.07, 6.45) is 2.42. The van der Waals surface area contributed by atoms with Crippen molar-refractivity contribution in [1.29, 1.82) is 0 Å². The van der Waals surface area contributed by atoms with Gasteiger partial charge < -0.3 is 24.0 Å². The van der Waals surface area contributed by atoms with E-state index in [9.17, 15) is 9.59 Å². The molecule has 2 fully saturated rings. The summed E-state index contributed by atoms with van der Waals surface area (Å²) in [4.78, 5) is 35.9. The molecule has 1 aromatic heterocycles. The number of carbonyl (C=O) groups is 2. The van der Waals surface area contributed by atoms with Gasteiger partial charge in [-0.2, -0.15) is 4.98 Å². The molecule has 3 aromatic rings. The smallest absolute Gasteiger partial charge is 0.316 e. The summed E-state index contributed by atoms with van der Waals surface area (Å²) in [6.45, 7) is 6.10. The number of hydrogen-bond acceptors (Lipinski definition) is 7. The van der Waals surface area contributed by atoms with Gasteiger partial charge in [0.2, 0.25) is 5.82 Å². The minimum atomic E-state index is -0.318. The van der Waals surface area contributed by atoms with Gasteiger partial charge in [-0.1, -0.05) is 18.1 Å². The molecule has 5 rings (SSSR count). The number of amides is 2. The van der Waals surface area contributed by atoms with E-state index in [0.717, 1.165) is 24.6 Å². The van der Waals surface area contributed by atoms with Crippen molar-refractivity contribution in [3.63, 3.8) is 0 Å². The van der Waals surface area contributed by atoms with Gasteiger partial charge in [-0.25, -0.2) is 0 Å². The largest absolute Gasteiger partial charge is 0.497 e. The van der Waals surface area contributed by atoms with Crippen LogP contribution < -0.4 is 9.64 Å². The van der Waals surface area contributed by atoms with Crippen LogP contribution in [0.3, 0.4) is 0 Å². The highest BCUT2D eigenvalue weighted by Crippen LogP contribution is 2.26. The fraction of sp³-hybridized carbons (Fsp3) is 0.407. The average molecular weight is 490 g/mol. The van der Waals surface area contributed by atoms with Crippen LogP contribution in [0.15, 0.2) is 53.1 Å². The van der Waals surface area contributed by atoms with Gasteiger partial charge in [0.25, 0.3) is 5.91 Å². The average Bonchev–Trinajstić information content (AvgIpc) is 3.43. The maximum Gasteiger partial charge on any atom is 0.316 e. The number of methoxy groups -OCH3 is 1. The van der Waals surface area contributed by atoms with Gasteiger partial charge in [-0.3, -0.25) is 9.59 Å². The third kappa shape index (κ3) is 5.05. The van der Waals surface area contributed by atoms with Gasteiger partial charge >= 0.3 is 11.8 Å². The second kappa shape index (κ2) is 10.4. The lowest BCUT2D eigenvalue weighted by Crippen LogP contribution is -2.50. The number of carbonyl (C=O) groups excluding carboxylic acids is 2. The first-order chi connectivity index (χ1) is 17.5. The van der Waals surface area contributed by atoms with Crippen molar-refractivity contribution < 1.29 is 18.8 Å². The van der Waals surface area contributed by atoms with Crippen LogP contribution in [0.4, 0.5) is 5.69 Å². The van der Waals surface area contributed by atoms with E-state index in [2.05, 4.69) is 34.1 Å². The topological polar surface area (TPSA) is 92.0 Å². The van der Waals surface area contributed by atoms with Gasteiger partial charge in [-0.15, -0.1) is 0 Å². The molecule has 0 N–H and O–H groups in total. The lowest BCUT2D eigenvalue weighted by atomic mass is 9.98. The van der Waals surface area contributed by atoms with E-state index in [0.29, 0.717) is 43.3 Å². The molecule has 0 unspecified atom stereocenters. The normalized spacial score (nSPS) is 16.8. The Labute approximate surface area is 210 Å².